The second-order valence-electron chi connectivity index (χ2n) is 4.76. The van der Waals surface area contributed by atoms with Crippen molar-refractivity contribution < 1.29 is 4.74 Å². The van der Waals surface area contributed by atoms with Crippen LogP contribution in [0.3, 0.4) is 0 Å². The quantitative estimate of drug-likeness (QED) is 0.899. The lowest BCUT2D eigenvalue weighted by atomic mass is 10.3. The zero-order valence-electron chi connectivity index (χ0n) is 11.8. The molecule has 1 atom stereocenters. The first-order valence-corrected chi connectivity index (χ1v) is 8.05. The van der Waals surface area contributed by atoms with Crippen LogP contribution in [0, 0.1) is 0 Å². The highest BCUT2D eigenvalue weighted by atomic mass is 32.2. The Labute approximate surface area is 119 Å². The Balaban J connectivity index is 2.10. The zero-order valence-corrected chi connectivity index (χ0v) is 12.6. The number of anilines is 2. The minimum Gasteiger partial charge on any atom is -0.476 e. The van der Waals surface area contributed by atoms with Gasteiger partial charge in [0.15, 0.2) is 0 Å². The average molecular weight is 281 g/mol. The van der Waals surface area contributed by atoms with Crippen molar-refractivity contribution in [2.24, 2.45) is 0 Å². The van der Waals surface area contributed by atoms with Crippen molar-refractivity contribution in [3.8, 4) is 5.88 Å². The molecule has 1 saturated heterocycles. The maximum Gasteiger partial charge on any atom is 0.239 e. The van der Waals surface area contributed by atoms with Gasteiger partial charge >= 0.3 is 0 Å². The second-order valence-corrected chi connectivity index (χ2v) is 6.17. The van der Waals surface area contributed by atoms with Crippen LogP contribution in [0.1, 0.15) is 26.7 Å². The molecule has 1 aromatic rings. The number of nitrogens with two attached hydrogens (primary N) is 1. The number of rotatable bonds is 5. The lowest BCUT2D eigenvalue weighted by Crippen LogP contribution is -2.38. The molecule has 1 aromatic heterocycles. The molecule has 2 N–H and O–H groups in total. The van der Waals surface area contributed by atoms with Crippen molar-refractivity contribution in [3.63, 3.8) is 0 Å². The molecule has 1 aliphatic rings. The summed E-state index contributed by atoms with van der Waals surface area (Å²) < 4.78 is 5.60. The Hall–Kier alpha value is -1.10. The summed E-state index contributed by atoms with van der Waals surface area (Å²) >= 11 is 2.06. The number of hydrogen-bond acceptors (Lipinski definition) is 5. The number of hydrogen-bond donors (Lipinski definition) is 1. The van der Waals surface area contributed by atoms with Gasteiger partial charge < -0.3 is 15.4 Å². The van der Waals surface area contributed by atoms with E-state index in [4.69, 9.17) is 10.5 Å². The van der Waals surface area contributed by atoms with E-state index < -0.39 is 0 Å². The molecule has 0 saturated carbocycles. The molecule has 5 heteroatoms. The fourth-order valence-electron chi connectivity index (χ4n) is 2.11. The van der Waals surface area contributed by atoms with Crippen LogP contribution in [-0.2, 0) is 0 Å². The monoisotopic (exact) mass is 281 g/mol. The Bertz CT molecular complexity index is 414. The van der Waals surface area contributed by atoms with Gasteiger partial charge in [-0.15, -0.1) is 0 Å². The average Bonchev–Trinajstić information content (AvgIpc) is 2.46. The molecule has 0 aromatic carbocycles. The van der Waals surface area contributed by atoms with Crippen molar-refractivity contribution in [2.45, 2.75) is 31.9 Å². The Kier molecular flexibility index (Phi) is 5.19. The molecule has 0 bridgehead atoms. The molecular weight excluding hydrogens is 258 g/mol. The van der Waals surface area contributed by atoms with Crippen molar-refractivity contribution in [1.82, 2.24) is 4.98 Å². The summed E-state index contributed by atoms with van der Waals surface area (Å²) in [6, 6.07) is 3.90. The molecule has 19 heavy (non-hydrogen) atoms. The van der Waals surface area contributed by atoms with Gasteiger partial charge in [-0.05, 0) is 25.0 Å². The first-order chi connectivity index (χ1) is 9.24. The predicted octanol–water partition coefficient (Wildman–Crippen LogP) is 2.78. The third kappa shape index (κ3) is 3.69. The van der Waals surface area contributed by atoms with Crippen LogP contribution in [-0.4, -0.2) is 35.7 Å². The highest BCUT2D eigenvalue weighted by Crippen LogP contribution is 2.28. The number of nitrogens with zero attached hydrogens (tertiary/aromatic N) is 2. The van der Waals surface area contributed by atoms with Crippen LogP contribution in [0.4, 0.5) is 11.5 Å². The minimum atomic E-state index is 0.575. The van der Waals surface area contributed by atoms with Gasteiger partial charge in [0.05, 0.1) is 12.3 Å². The molecule has 0 amide bonds. The van der Waals surface area contributed by atoms with E-state index in [1.165, 1.54) is 6.42 Å². The summed E-state index contributed by atoms with van der Waals surface area (Å²) in [6.45, 7) is 7.09. The van der Waals surface area contributed by atoms with Crippen molar-refractivity contribution in [3.05, 3.63) is 12.1 Å². The van der Waals surface area contributed by atoms with Crippen LogP contribution >= 0.6 is 11.8 Å². The van der Waals surface area contributed by atoms with E-state index in [1.54, 1.807) is 0 Å². The van der Waals surface area contributed by atoms with E-state index in [1.807, 2.05) is 12.1 Å². The van der Waals surface area contributed by atoms with Gasteiger partial charge in [0.1, 0.15) is 5.82 Å². The minimum absolute atomic E-state index is 0.575. The summed E-state index contributed by atoms with van der Waals surface area (Å²) in [6.07, 6.45) is 2.17. The van der Waals surface area contributed by atoms with E-state index in [0.29, 0.717) is 23.4 Å². The summed E-state index contributed by atoms with van der Waals surface area (Å²) in [4.78, 5) is 6.91. The normalized spacial score (nSPS) is 19.5. The van der Waals surface area contributed by atoms with Crippen LogP contribution in [0.25, 0.3) is 0 Å². The van der Waals surface area contributed by atoms with Crippen molar-refractivity contribution in [2.75, 3.05) is 36.1 Å². The maximum absolute atomic E-state index is 5.90. The number of nitrogen functional groups attached to an aromatic ring is 1. The van der Waals surface area contributed by atoms with Gasteiger partial charge in [-0.1, -0.05) is 13.8 Å². The van der Waals surface area contributed by atoms with Crippen molar-refractivity contribution in [1.29, 1.82) is 0 Å². The predicted molar refractivity (Wildman–Crippen MR) is 83.2 cm³/mol. The molecule has 1 aliphatic heterocycles. The molecule has 0 aliphatic carbocycles. The molecule has 1 unspecified atom stereocenters. The molecule has 2 rings (SSSR count). The summed E-state index contributed by atoms with van der Waals surface area (Å²) in [5.41, 5.74) is 6.52. The fourth-order valence-corrected chi connectivity index (χ4v) is 3.29. The van der Waals surface area contributed by atoms with E-state index >= 15 is 0 Å². The first-order valence-electron chi connectivity index (χ1n) is 7.00. The highest BCUT2D eigenvalue weighted by Gasteiger charge is 2.20. The Morgan fingerprint density at radius 1 is 1.47 bits per heavy atom. The molecule has 4 nitrogen and oxygen atoms in total. The van der Waals surface area contributed by atoms with Gasteiger partial charge in [0.2, 0.25) is 5.88 Å². The molecule has 106 valence electrons. The zero-order chi connectivity index (χ0) is 13.7. The highest BCUT2D eigenvalue weighted by molar-refractivity contribution is 8.00. The van der Waals surface area contributed by atoms with Crippen LogP contribution in [0.2, 0.25) is 0 Å². The van der Waals surface area contributed by atoms with Gasteiger partial charge in [-0.2, -0.15) is 16.7 Å². The van der Waals surface area contributed by atoms with Crippen LogP contribution < -0.4 is 15.4 Å². The largest absolute Gasteiger partial charge is 0.476 e. The fraction of sp³-hybridized carbons (Fsp3) is 0.643. The smallest absolute Gasteiger partial charge is 0.239 e. The van der Waals surface area contributed by atoms with Gasteiger partial charge in [0, 0.05) is 24.1 Å². The molecular formula is C14H23N3OS. The topological polar surface area (TPSA) is 51.4 Å². The van der Waals surface area contributed by atoms with E-state index in [9.17, 15) is 0 Å². The van der Waals surface area contributed by atoms with Crippen LogP contribution in [0.5, 0.6) is 5.88 Å². The Morgan fingerprint density at radius 2 is 2.32 bits per heavy atom. The molecule has 0 spiro atoms. The van der Waals surface area contributed by atoms with Crippen LogP contribution in [0.15, 0.2) is 12.1 Å². The molecule has 1 fully saturated rings. The van der Waals surface area contributed by atoms with E-state index in [2.05, 4.69) is 35.5 Å². The number of thioether (sulfide) groups is 1. The van der Waals surface area contributed by atoms with E-state index in [0.717, 1.165) is 31.1 Å². The summed E-state index contributed by atoms with van der Waals surface area (Å²) in [5.74, 6) is 2.72. The van der Waals surface area contributed by atoms with Gasteiger partial charge in [-0.3, -0.25) is 0 Å². The lowest BCUT2D eigenvalue weighted by molar-refractivity contribution is 0.307. The maximum atomic E-state index is 5.90. The first kappa shape index (κ1) is 14.3. The Morgan fingerprint density at radius 3 is 3.05 bits per heavy atom. The van der Waals surface area contributed by atoms with Crippen molar-refractivity contribution >= 4 is 23.3 Å². The standard InChI is InChI=1S/C14H23N3OS/c1-3-8-18-14-12(15)5-6-13(16-14)17-7-9-19-11(4-2)10-17/h5-6,11H,3-4,7-10,15H2,1-2H3. The molecule has 0 radical (unpaired) electrons. The number of aromatic nitrogens is 1. The van der Waals surface area contributed by atoms with Gasteiger partial charge in [-0.25, -0.2) is 0 Å². The lowest BCUT2D eigenvalue weighted by Gasteiger charge is -2.33. The van der Waals surface area contributed by atoms with E-state index in [-0.39, 0.29) is 0 Å². The summed E-state index contributed by atoms with van der Waals surface area (Å²) in [7, 11) is 0. The number of ether oxygens (including phenoxy) is 1. The second kappa shape index (κ2) is 6.89. The SMILES string of the molecule is CCCOc1nc(N2CCSC(CC)C2)ccc1N. The third-order valence-corrected chi connectivity index (χ3v) is 4.61. The van der Waals surface area contributed by atoms with Gasteiger partial charge in [0.25, 0.3) is 0 Å². The number of pyridine rings is 1. The third-order valence-electron chi connectivity index (χ3n) is 3.24. The summed E-state index contributed by atoms with van der Waals surface area (Å²) in [5, 5.41) is 0.702. The molecule has 2 heterocycles.